The first-order chi connectivity index (χ1) is 22.8. The number of amides is 1. The number of rotatable bonds is 26. The molecule has 268 valence electrons. The van der Waals surface area contributed by atoms with Crippen LogP contribution in [0.3, 0.4) is 0 Å². The van der Waals surface area contributed by atoms with E-state index in [1.165, 1.54) is 0 Å². The van der Waals surface area contributed by atoms with E-state index >= 15 is 0 Å². The Morgan fingerprint density at radius 3 is 1.98 bits per heavy atom. The van der Waals surface area contributed by atoms with Crippen LogP contribution in [0.15, 0.2) is 72.9 Å². The zero-order chi connectivity index (χ0) is 34.5. The summed E-state index contributed by atoms with van der Waals surface area (Å²) in [6.07, 6.45) is 29.5. The molecule has 1 aliphatic rings. The SMILES string of the molecule is CC/C=C\C/C=C\C/C=C\CCCCCC(=O)NC(COC1OC(CO)C(O)C(O)C1O)C(O)/C=C/CC/C=C/CC/C=C/CCC. The topological polar surface area (TPSA) is 149 Å². The highest BCUT2D eigenvalue weighted by atomic mass is 16.7. The first-order valence-electron chi connectivity index (χ1n) is 17.7. The lowest BCUT2D eigenvalue weighted by Gasteiger charge is -2.40. The molecule has 0 radical (unpaired) electrons. The van der Waals surface area contributed by atoms with E-state index in [0.29, 0.717) is 19.3 Å². The Morgan fingerprint density at radius 1 is 0.745 bits per heavy atom. The van der Waals surface area contributed by atoms with Gasteiger partial charge >= 0.3 is 0 Å². The number of nitrogens with one attached hydrogen (secondary N) is 1. The highest BCUT2D eigenvalue weighted by Gasteiger charge is 2.44. The lowest BCUT2D eigenvalue weighted by atomic mass is 9.99. The van der Waals surface area contributed by atoms with E-state index in [-0.39, 0.29) is 12.5 Å². The first-order valence-corrected chi connectivity index (χ1v) is 17.7. The highest BCUT2D eigenvalue weighted by molar-refractivity contribution is 5.76. The van der Waals surface area contributed by atoms with Gasteiger partial charge in [0.25, 0.3) is 0 Å². The van der Waals surface area contributed by atoms with Crippen LogP contribution in [0.4, 0.5) is 0 Å². The molecule has 0 aromatic carbocycles. The minimum absolute atomic E-state index is 0.223. The van der Waals surface area contributed by atoms with Crippen molar-refractivity contribution in [3.05, 3.63) is 72.9 Å². The molecule has 1 saturated heterocycles. The lowest BCUT2D eigenvalue weighted by molar-refractivity contribution is -0.302. The van der Waals surface area contributed by atoms with Gasteiger partial charge in [-0.1, -0.05) is 99.6 Å². The Bertz CT molecular complexity index is 957. The fourth-order valence-corrected chi connectivity index (χ4v) is 4.85. The average Bonchev–Trinajstić information content (AvgIpc) is 3.07. The molecule has 0 aromatic rings. The Kier molecular flexibility index (Phi) is 26.0. The smallest absolute Gasteiger partial charge is 0.220 e. The number of carbonyl (C=O) groups excluding carboxylic acids is 1. The Balaban J connectivity index is 2.57. The van der Waals surface area contributed by atoms with Gasteiger partial charge in [0.1, 0.15) is 24.4 Å². The molecule has 0 bridgehead atoms. The normalized spacial score (nSPS) is 23.8. The van der Waals surface area contributed by atoms with Gasteiger partial charge in [-0.25, -0.2) is 0 Å². The molecule has 0 spiro atoms. The van der Waals surface area contributed by atoms with E-state index in [1.807, 2.05) is 6.08 Å². The molecule has 1 heterocycles. The van der Waals surface area contributed by atoms with Crippen molar-refractivity contribution in [1.82, 2.24) is 5.32 Å². The summed E-state index contributed by atoms with van der Waals surface area (Å²) in [4.78, 5) is 12.8. The second-order valence-electron chi connectivity index (χ2n) is 11.9. The van der Waals surface area contributed by atoms with E-state index in [0.717, 1.165) is 70.6 Å². The molecule has 7 atom stereocenters. The van der Waals surface area contributed by atoms with Gasteiger partial charge in [0.15, 0.2) is 6.29 Å². The minimum Gasteiger partial charge on any atom is -0.394 e. The number of allylic oxidation sites excluding steroid dienone is 11. The molecule has 0 saturated carbocycles. The van der Waals surface area contributed by atoms with E-state index in [9.17, 15) is 30.3 Å². The van der Waals surface area contributed by atoms with Crippen molar-refractivity contribution < 1.29 is 39.8 Å². The van der Waals surface area contributed by atoms with Gasteiger partial charge < -0.3 is 40.3 Å². The number of hydrogen-bond donors (Lipinski definition) is 6. The molecule has 1 amide bonds. The standard InChI is InChI=1S/C38H63NO8/c1-3-5-7-9-11-13-15-16-18-20-22-24-26-28-34(42)39-31(30-46-38-37(45)36(44)35(43)33(29-40)47-38)32(41)27-25-23-21-19-17-14-12-10-8-6-4-2/h5,7-8,10-11,13,16-19,25,27,31-33,35-38,40-41,43-45H,3-4,6,9,12,14-15,20-24,26,28-30H2,1-2H3,(H,39,42)/b7-5-,10-8+,13-11-,18-16-,19-17+,27-25+. The zero-order valence-electron chi connectivity index (χ0n) is 28.7. The van der Waals surface area contributed by atoms with Crippen LogP contribution >= 0.6 is 0 Å². The van der Waals surface area contributed by atoms with Crippen molar-refractivity contribution in [2.24, 2.45) is 0 Å². The van der Waals surface area contributed by atoms with Crippen LogP contribution in [0.25, 0.3) is 0 Å². The molecule has 9 heteroatoms. The van der Waals surface area contributed by atoms with Crippen molar-refractivity contribution in [2.75, 3.05) is 13.2 Å². The van der Waals surface area contributed by atoms with E-state index in [4.69, 9.17) is 9.47 Å². The van der Waals surface area contributed by atoms with Crippen LogP contribution in [0, 0.1) is 0 Å². The molecular formula is C38H63NO8. The van der Waals surface area contributed by atoms with Crippen LogP contribution in [-0.4, -0.2) is 87.5 Å². The summed E-state index contributed by atoms with van der Waals surface area (Å²) in [6, 6.07) is -0.843. The summed E-state index contributed by atoms with van der Waals surface area (Å²) in [5.74, 6) is -0.228. The molecule has 7 unspecified atom stereocenters. The Hall–Kier alpha value is -2.37. The van der Waals surface area contributed by atoms with Crippen molar-refractivity contribution in [3.8, 4) is 0 Å². The predicted octanol–water partition coefficient (Wildman–Crippen LogP) is 5.49. The monoisotopic (exact) mass is 661 g/mol. The lowest BCUT2D eigenvalue weighted by Crippen LogP contribution is -2.60. The van der Waals surface area contributed by atoms with Gasteiger partial charge in [-0.15, -0.1) is 0 Å². The summed E-state index contributed by atoms with van der Waals surface area (Å²) < 4.78 is 11.1. The second kappa shape index (κ2) is 28.6. The van der Waals surface area contributed by atoms with Gasteiger partial charge in [-0.2, -0.15) is 0 Å². The molecule has 1 rings (SSSR count). The molecule has 47 heavy (non-hydrogen) atoms. The van der Waals surface area contributed by atoms with Gasteiger partial charge in [0, 0.05) is 6.42 Å². The number of unbranched alkanes of at least 4 members (excludes halogenated alkanes) is 6. The van der Waals surface area contributed by atoms with Crippen LogP contribution in [0.5, 0.6) is 0 Å². The van der Waals surface area contributed by atoms with Gasteiger partial charge in [0.05, 0.1) is 25.4 Å². The molecular weight excluding hydrogens is 598 g/mol. The van der Waals surface area contributed by atoms with Gasteiger partial charge in [-0.3, -0.25) is 4.79 Å². The van der Waals surface area contributed by atoms with Crippen molar-refractivity contribution in [1.29, 1.82) is 0 Å². The maximum absolute atomic E-state index is 12.8. The Morgan fingerprint density at radius 2 is 1.34 bits per heavy atom. The van der Waals surface area contributed by atoms with Crippen molar-refractivity contribution >= 4 is 5.91 Å². The largest absolute Gasteiger partial charge is 0.394 e. The minimum atomic E-state index is -1.58. The van der Waals surface area contributed by atoms with Gasteiger partial charge in [-0.05, 0) is 70.6 Å². The molecule has 0 aromatic heterocycles. The molecule has 0 aliphatic carbocycles. The van der Waals surface area contributed by atoms with Crippen LogP contribution < -0.4 is 5.32 Å². The van der Waals surface area contributed by atoms with Crippen LogP contribution in [-0.2, 0) is 14.3 Å². The third-order valence-corrected chi connectivity index (χ3v) is 7.72. The van der Waals surface area contributed by atoms with Crippen molar-refractivity contribution in [3.63, 3.8) is 0 Å². The summed E-state index contributed by atoms with van der Waals surface area (Å²) >= 11 is 0. The molecule has 1 fully saturated rings. The van der Waals surface area contributed by atoms with E-state index in [1.54, 1.807) is 6.08 Å². The Labute approximate surface area is 283 Å². The first kappa shape index (κ1) is 42.7. The fourth-order valence-electron chi connectivity index (χ4n) is 4.85. The number of aliphatic hydroxyl groups is 5. The third-order valence-electron chi connectivity index (χ3n) is 7.72. The summed E-state index contributed by atoms with van der Waals surface area (Å²) in [5, 5.41) is 53.7. The third kappa shape index (κ3) is 20.6. The summed E-state index contributed by atoms with van der Waals surface area (Å²) in [7, 11) is 0. The molecule has 1 aliphatic heterocycles. The number of hydrogen-bond acceptors (Lipinski definition) is 8. The average molecular weight is 662 g/mol. The summed E-state index contributed by atoms with van der Waals surface area (Å²) in [5.41, 5.74) is 0. The van der Waals surface area contributed by atoms with Crippen LogP contribution in [0.1, 0.15) is 104 Å². The van der Waals surface area contributed by atoms with E-state index < -0.39 is 49.5 Å². The predicted molar refractivity (Wildman–Crippen MR) is 188 cm³/mol. The molecule has 9 nitrogen and oxygen atoms in total. The number of ether oxygens (including phenoxy) is 2. The summed E-state index contributed by atoms with van der Waals surface area (Å²) in [6.45, 7) is 3.48. The zero-order valence-corrected chi connectivity index (χ0v) is 28.7. The maximum atomic E-state index is 12.8. The van der Waals surface area contributed by atoms with Crippen molar-refractivity contribution in [2.45, 2.75) is 147 Å². The quantitative estimate of drug-likeness (QED) is 0.0527. The fraction of sp³-hybridized carbons (Fsp3) is 0.658. The number of carbonyl (C=O) groups is 1. The van der Waals surface area contributed by atoms with Crippen LogP contribution in [0.2, 0.25) is 0 Å². The number of aliphatic hydroxyl groups excluding tert-OH is 5. The highest BCUT2D eigenvalue weighted by Crippen LogP contribution is 2.22. The molecule has 6 N–H and O–H groups in total. The van der Waals surface area contributed by atoms with Gasteiger partial charge in [0.2, 0.25) is 5.91 Å². The van der Waals surface area contributed by atoms with E-state index in [2.05, 4.69) is 79.9 Å². The maximum Gasteiger partial charge on any atom is 0.220 e. The second-order valence-corrected chi connectivity index (χ2v) is 11.9.